The van der Waals surface area contributed by atoms with Crippen LogP contribution < -0.4 is 9.47 Å². The fraction of sp³-hybridized carbons (Fsp3) is 0.344. The molecule has 9 heteroatoms. The van der Waals surface area contributed by atoms with Crippen molar-refractivity contribution in [3.63, 3.8) is 0 Å². The van der Waals surface area contributed by atoms with Crippen molar-refractivity contribution in [2.45, 2.75) is 37.4 Å². The van der Waals surface area contributed by atoms with Gasteiger partial charge in [0.2, 0.25) is 18.6 Å². The van der Waals surface area contributed by atoms with Gasteiger partial charge in [-0.15, -0.1) is 0 Å². The third-order valence-electron chi connectivity index (χ3n) is 9.13. The van der Waals surface area contributed by atoms with E-state index >= 15 is 0 Å². The summed E-state index contributed by atoms with van der Waals surface area (Å²) in [5.41, 5.74) is 5.21. The standard InChI is InChI=1S/C32H31N5O4/c38-29-18-36(22-10-13-35(17-22)12-9-20-4-3-11-33-16-20)32(39)26-15-24-23-5-1-2-6-25(23)34-30(24)31(37(26)29)21-7-8-27-28(14-21)41-19-40-27/h1-8,11,14,16,22,26,31,34H,9-10,12-13,15,17-19H2/t22-,26-,31-/m1/s1. The van der Waals surface area contributed by atoms with Gasteiger partial charge in [-0.2, -0.15) is 0 Å². The average Bonchev–Trinajstić information content (AvgIpc) is 3.75. The normalized spacial score (nSPS) is 23.8. The van der Waals surface area contributed by atoms with Crippen molar-refractivity contribution in [1.29, 1.82) is 0 Å². The Morgan fingerprint density at radius 3 is 2.83 bits per heavy atom. The highest BCUT2D eigenvalue weighted by Crippen LogP contribution is 2.45. The van der Waals surface area contributed by atoms with Crippen LogP contribution in [0.3, 0.4) is 0 Å². The van der Waals surface area contributed by atoms with Crippen molar-refractivity contribution >= 4 is 22.7 Å². The van der Waals surface area contributed by atoms with Crippen molar-refractivity contribution in [1.82, 2.24) is 24.7 Å². The molecule has 0 aliphatic carbocycles. The molecule has 9 nitrogen and oxygen atoms in total. The number of nitrogens with one attached hydrogen (secondary N) is 1. The third-order valence-corrected chi connectivity index (χ3v) is 9.13. The predicted molar refractivity (Wildman–Crippen MR) is 152 cm³/mol. The molecule has 4 aromatic rings. The number of hydrogen-bond acceptors (Lipinski definition) is 6. The molecule has 0 bridgehead atoms. The van der Waals surface area contributed by atoms with Gasteiger partial charge in [0.25, 0.3) is 0 Å². The first-order chi connectivity index (χ1) is 20.1. The summed E-state index contributed by atoms with van der Waals surface area (Å²) in [6, 6.07) is 17.1. The summed E-state index contributed by atoms with van der Waals surface area (Å²) in [5, 5.41) is 1.10. The van der Waals surface area contributed by atoms with Gasteiger partial charge in [0.1, 0.15) is 12.6 Å². The number of ether oxygens (including phenoxy) is 2. The van der Waals surface area contributed by atoms with Crippen LogP contribution in [0.5, 0.6) is 11.5 Å². The highest BCUT2D eigenvalue weighted by atomic mass is 16.7. The molecule has 0 radical (unpaired) electrons. The molecule has 8 rings (SSSR count). The maximum atomic E-state index is 14.3. The number of pyridine rings is 1. The molecule has 0 spiro atoms. The summed E-state index contributed by atoms with van der Waals surface area (Å²) in [6.45, 7) is 2.91. The van der Waals surface area contributed by atoms with Crippen LogP contribution in [0.15, 0.2) is 67.0 Å². The van der Waals surface area contributed by atoms with Crippen molar-refractivity contribution in [3.8, 4) is 11.5 Å². The third kappa shape index (κ3) is 4.06. The number of piperazine rings is 1. The number of benzene rings is 2. The molecular weight excluding hydrogens is 518 g/mol. The number of carbonyl (C=O) groups excluding carboxylic acids is 2. The van der Waals surface area contributed by atoms with Crippen molar-refractivity contribution in [3.05, 3.63) is 89.4 Å². The van der Waals surface area contributed by atoms with Gasteiger partial charge in [-0.3, -0.25) is 14.6 Å². The second-order valence-electron chi connectivity index (χ2n) is 11.4. The van der Waals surface area contributed by atoms with Crippen LogP contribution in [0.1, 0.15) is 34.8 Å². The van der Waals surface area contributed by atoms with Crippen LogP contribution in [0.25, 0.3) is 10.9 Å². The summed E-state index contributed by atoms with van der Waals surface area (Å²) in [5.74, 6) is 1.39. The lowest BCUT2D eigenvalue weighted by Crippen LogP contribution is -2.65. The first-order valence-electron chi connectivity index (χ1n) is 14.4. The Hall–Kier alpha value is -4.37. The Labute approximate surface area is 237 Å². The fourth-order valence-corrected chi connectivity index (χ4v) is 7.13. The van der Waals surface area contributed by atoms with Crippen LogP contribution in [-0.4, -0.2) is 81.5 Å². The molecule has 3 atom stereocenters. The van der Waals surface area contributed by atoms with Gasteiger partial charge in [0.15, 0.2) is 11.5 Å². The van der Waals surface area contributed by atoms with E-state index in [2.05, 4.69) is 33.1 Å². The molecule has 2 saturated heterocycles. The first-order valence-corrected chi connectivity index (χ1v) is 14.4. The van der Waals surface area contributed by atoms with E-state index in [9.17, 15) is 9.59 Å². The number of aromatic nitrogens is 2. The monoisotopic (exact) mass is 549 g/mol. The van der Waals surface area contributed by atoms with Gasteiger partial charge in [0.05, 0.1) is 6.04 Å². The average molecular weight is 550 g/mol. The number of carbonyl (C=O) groups is 2. The van der Waals surface area contributed by atoms with Gasteiger partial charge < -0.3 is 29.2 Å². The zero-order valence-electron chi connectivity index (χ0n) is 22.7. The molecule has 1 N–H and O–H groups in total. The van der Waals surface area contributed by atoms with Gasteiger partial charge in [-0.25, -0.2) is 0 Å². The molecule has 41 heavy (non-hydrogen) atoms. The molecule has 2 fully saturated rings. The molecule has 6 heterocycles. The second-order valence-corrected chi connectivity index (χ2v) is 11.4. The lowest BCUT2D eigenvalue weighted by atomic mass is 9.85. The molecular formula is C32H31N5O4. The van der Waals surface area contributed by atoms with E-state index < -0.39 is 12.1 Å². The van der Waals surface area contributed by atoms with Gasteiger partial charge >= 0.3 is 0 Å². The van der Waals surface area contributed by atoms with Crippen LogP contribution in [0.4, 0.5) is 0 Å². The number of rotatable bonds is 5. The van der Waals surface area contributed by atoms with Crippen LogP contribution in [-0.2, 0) is 22.4 Å². The summed E-state index contributed by atoms with van der Waals surface area (Å²) in [6.07, 6.45) is 6.00. The summed E-state index contributed by atoms with van der Waals surface area (Å²) < 4.78 is 11.2. The highest BCUT2D eigenvalue weighted by molar-refractivity contribution is 5.98. The summed E-state index contributed by atoms with van der Waals surface area (Å²) in [4.78, 5) is 42.2. The van der Waals surface area contributed by atoms with Crippen LogP contribution >= 0.6 is 0 Å². The van der Waals surface area contributed by atoms with E-state index in [4.69, 9.17) is 9.47 Å². The van der Waals surface area contributed by atoms with Gasteiger partial charge in [-0.05, 0) is 53.8 Å². The van der Waals surface area contributed by atoms with E-state index in [-0.39, 0.29) is 31.2 Å². The van der Waals surface area contributed by atoms with Crippen molar-refractivity contribution in [2.75, 3.05) is 33.0 Å². The minimum Gasteiger partial charge on any atom is -0.454 e. The fourth-order valence-electron chi connectivity index (χ4n) is 7.13. The number of fused-ring (bicyclic) bond motifs is 5. The minimum atomic E-state index is -0.553. The number of aromatic amines is 1. The molecule has 0 saturated carbocycles. The van der Waals surface area contributed by atoms with E-state index in [0.717, 1.165) is 60.2 Å². The van der Waals surface area contributed by atoms with Crippen molar-refractivity contribution < 1.29 is 19.1 Å². The number of nitrogens with zero attached hydrogens (tertiary/aromatic N) is 4. The maximum absolute atomic E-state index is 14.3. The number of H-pyrrole nitrogens is 1. The molecule has 0 unspecified atom stereocenters. The molecule has 4 aliphatic heterocycles. The quantitative estimate of drug-likeness (QED) is 0.411. The van der Waals surface area contributed by atoms with Gasteiger partial charge in [-0.1, -0.05) is 30.3 Å². The van der Waals surface area contributed by atoms with E-state index in [1.165, 1.54) is 5.56 Å². The maximum Gasteiger partial charge on any atom is 0.246 e. The highest BCUT2D eigenvalue weighted by Gasteiger charge is 2.50. The number of para-hydroxylation sites is 1. The Kier molecular flexibility index (Phi) is 5.73. The summed E-state index contributed by atoms with van der Waals surface area (Å²) in [7, 11) is 0. The number of amides is 2. The van der Waals surface area contributed by atoms with Crippen LogP contribution in [0.2, 0.25) is 0 Å². The molecule has 4 aliphatic rings. The largest absolute Gasteiger partial charge is 0.454 e. The van der Waals surface area contributed by atoms with Gasteiger partial charge in [0, 0.05) is 61.1 Å². The Bertz CT molecular complexity index is 1650. The molecule has 2 amide bonds. The minimum absolute atomic E-state index is 0.0182. The summed E-state index contributed by atoms with van der Waals surface area (Å²) >= 11 is 0. The zero-order chi connectivity index (χ0) is 27.5. The lowest BCUT2D eigenvalue weighted by Gasteiger charge is -2.48. The van der Waals surface area contributed by atoms with E-state index in [0.29, 0.717) is 17.9 Å². The SMILES string of the molecule is O=C1[C@H]2Cc3c([nH]c4ccccc34)[C@@H](c3ccc4c(c3)OCO4)N2C(=O)CN1[C@@H]1CCN(CCc2cccnc2)C1. The molecule has 208 valence electrons. The molecule has 2 aromatic carbocycles. The van der Waals surface area contributed by atoms with Crippen LogP contribution in [0, 0.1) is 0 Å². The Morgan fingerprint density at radius 2 is 1.93 bits per heavy atom. The van der Waals surface area contributed by atoms with E-state index in [1.54, 1.807) is 6.20 Å². The molecule has 2 aromatic heterocycles. The predicted octanol–water partition coefficient (Wildman–Crippen LogP) is 3.29. The lowest BCUT2D eigenvalue weighted by molar-refractivity contribution is -0.160. The Morgan fingerprint density at radius 1 is 1.02 bits per heavy atom. The smallest absolute Gasteiger partial charge is 0.246 e. The van der Waals surface area contributed by atoms with E-state index in [1.807, 2.05) is 52.4 Å². The number of hydrogen-bond donors (Lipinski definition) is 1. The van der Waals surface area contributed by atoms with Crippen molar-refractivity contribution in [2.24, 2.45) is 0 Å². The zero-order valence-corrected chi connectivity index (χ0v) is 22.7. The first kappa shape index (κ1) is 24.4. The number of likely N-dealkylation sites (tertiary alicyclic amines) is 1. The second kappa shape index (κ2) is 9.62. The Balaban J connectivity index is 1.10. The topological polar surface area (TPSA) is 91.0 Å².